The molecule has 1 rings (SSSR count). The SMILES string of the molecule is CCC(C)C(=O)NCCCCNC(=O)c1ccc(C[N+](=P)N=N)nc1. The summed E-state index contributed by atoms with van der Waals surface area (Å²) in [5.41, 5.74) is 8.01. The van der Waals surface area contributed by atoms with Gasteiger partial charge in [-0.05, 0) is 31.4 Å². The van der Waals surface area contributed by atoms with Gasteiger partial charge in [-0.25, -0.2) is 0 Å². The van der Waals surface area contributed by atoms with Gasteiger partial charge in [0.15, 0.2) is 6.54 Å². The van der Waals surface area contributed by atoms with E-state index in [2.05, 4.69) is 29.9 Å². The van der Waals surface area contributed by atoms with Crippen LogP contribution < -0.4 is 10.6 Å². The molecule has 0 aromatic carbocycles. The van der Waals surface area contributed by atoms with Crippen LogP contribution in [0.3, 0.4) is 0 Å². The van der Waals surface area contributed by atoms with E-state index >= 15 is 0 Å². The molecule has 0 aliphatic heterocycles. The summed E-state index contributed by atoms with van der Waals surface area (Å²) in [7, 11) is 3.12. The minimum absolute atomic E-state index is 0.0430. The van der Waals surface area contributed by atoms with Gasteiger partial charge in [-0.1, -0.05) is 13.8 Å². The highest BCUT2D eigenvalue weighted by Crippen LogP contribution is 2.03. The lowest BCUT2D eigenvalue weighted by atomic mass is 10.1. The second-order valence-electron chi connectivity index (χ2n) is 5.76. The number of hydrogen-bond acceptors (Lipinski definition) is 4. The fourth-order valence-corrected chi connectivity index (χ4v) is 2.13. The van der Waals surface area contributed by atoms with Crippen molar-refractivity contribution in [1.82, 2.24) is 15.6 Å². The number of amides is 2. The predicted molar refractivity (Wildman–Crippen MR) is 95.7 cm³/mol. The van der Waals surface area contributed by atoms with Crippen molar-refractivity contribution in [2.24, 2.45) is 11.1 Å². The summed E-state index contributed by atoms with van der Waals surface area (Å²) in [4.78, 5) is 27.8. The highest BCUT2D eigenvalue weighted by molar-refractivity contribution is 7.00. The molecule has 0 aliphatic rings. The molecule has 0 bridgehead atoms. The van der Waals surface area contributed by atoms with E-state index < -0.39 is 0 Å². The fourth-order valence-electron chi connectivity index (χ4n) is 1.97. The molecule has 9 heteroatoms. The van der Waals surface area contributed by atoms with Crippen LogP contribution in [0.15, 0.2) is 23.6 Å². The van der Waals surface area contributed by atoms with Crippen molar-refractivity contribution in [3.8, 4) is 0 Å². The van der Waals surface area contributed by atoms with Gasteiger partial charge in [0.05, 0.1) is 11.3 Å². The lowest BCUT2D eigenvalue weighted by molar-refractivity contribution is -0.535. The number of unbranched alkanes of at least 4 members (excludes halogenated alkanes) is 1. The highest BCUT2D eigenvalue weighted by Gasteiger charge is 2.09. The lowest BCUT2D eigenvalue weighted by Gasteiger charge is -2.10. The molecule has 136 valence electrons. The van der Waals surface area contributed by atoms with Crippen LogP contribution in [0.25, 0.3) is 0 Å². The van der Waals surface area contributed by atoms with E-state index in [9.17, 15) is 9.59 Å². The van der Waals surface area contributed by atoms with Gasteiger partial charge >= 0.3 is 0 Å². The van der Waals surface area contributed by atoms with E-state index in [-0.39, 0.29) is 17.7 Å². The Balaban J connectivity index is 2.25. The largest absolute Gasteiger partial charge is 0.356 e. The summed E-state index contributed by atoms with van der Waals surface area (Å²) >= 11 is 0. The maximum Gasteiger partial charge on any atom is 0.252 e. The van der Waals surface area contributed by atoms with Crippen LogP contribution in [0.4, 0.5) is 0 Å². The number of aromatic nitrogens is 1. The number of pyridine rings is 1. The molecule has 0 radical (unpaired) electrons. The summed E-state index contributed by atoms with van der Waals surface area (Å²) < 4.78 is 1.25. The molecule has 0 spiro atoms. The van der Waals surface area contributed by atoms with Crippen LogP contribution in [-0.2, 0) is 11.3 Å². The molecule has 1 aromatic rings. The first kappa shape index (κ1) is 20.8. The van der Waals surface area contributed by atoms with Crippen LogP contribution in [0, 0.1) is 11.4 Å². The Morgan fingerprint density at radius 3 is 2.56 bits per heavy atom. The minimum Gasteiger partial charge on any atom is -0.356 e. The number of carbonyl (C=O) groups is 2. The summed E-state index contributed by atoms with van der Waals surface area (Å²) in [5.74, 6) is -0.0533. The molecule has 1 aromatic heterocycles. The third-order valence-electron chi connectivity index (χ3n) is 3.77. The minimum atomic E-state index is -0.178. The smallest absolute Gasteiger partial charge is 0.252 e. The van der Waals surface area contributed by atoms with Crippen molar-refractivity contribution in [1.29, 1.82) is 5.53 Å². The molecule has 8 nitrogen and oxygen atoms in total. The van der Waals surface area contributed by atoms with Gasteiger partial charge < -0.3 is 10.6 Å². The number of hydrogen-bond donors (Lipinski definition) is 3. The molecule has 1 heterocycles. The maximum absolute atomic E-state index is 12.0. The Morgan fingerprint density at radius 2 is 2.00 bits per heavy atom. The zero-order valence-electron chi connectivity index (χ0n) is 14.7. The van der Waals surface area contributed by atoms with E-state index in [1.807, 2.05) is 13.8 Å². The summed E-state index contributed by atoms with van der Waals surface area (Å²) in [6.07, 6.45) is 3.94. The summed E-state index contributed by atoms with van der Waals surface area (Å²) in [5, 5.41) is 8.90. The second kappa shape index (κ2) is 11.4. The van der Waals surface area contributed by atoms with Crippen LogP contribution in [-0.4, -0.2) is 34.3 Å². The van der Waals surface area contributed by atoms with Gasteiger partial charge in [0.1, 0.15) is 14.3 Å². The van der Waals surface area contributed by atoms with E-state index in [1.165, 1.54) is 10.6 Å². The molecule has 25 heavy (non-hydrogen) atoms. The van der Waals surface area contributed by atoms with Crippen LogP contribution in [0.2, 0.25) is 0 Å². The predicted octanol–water partition coefficient (Wildman–Crippen LogP) is 2.54. The number of nitrogens with one attached hydrogen (secondary N) is 3. The number of nitrogens with zero attached hydrogens (tertiary/aromatic N) is 3. The lowest BCUT2D eigenvalue weighted by Crippen LogP contribution is -2.30. The van der Waals surface area contributed by atoms with Gasteiger partial charge in [-0.15, -0.1) is 4.44 Å². The normalized spacial score (nSPS) is 11.4. The fraction of sp³-hybridized carbons (Fsp3) is 0.562. The quantitative estimate of drug-likeness (QED) is 0.242. The second-order valence-corrected chi connectivity index (χ2v) is 6.28. The third-order valence-corrected chi connectivity index (χ3v) is 4.03. The molecule has 0 fully saturated rings. The van der Waals surface area contributed by atoms with E-state index in [4.69, 9.17) is 5.53 Å². The first-order valence-electron chi connectivity index (χ1n) is 8.34. The maximum atomic E-state index is 12.0. The Bertz CT molecular complexity index is 605. The zero-order valence-corrected chi connectivity index (χ0v) is 15.7. The van der Waals surface area contributed by atoms with Crippen LogP contribution in [0.1, 0.15) is 49.2 Å². The first-order chi connectivity index (χ1) is 12.0. The van der Waals surface area contributed by atoms with Crippen molar-refractivity contribution < 1.29 is 14.0 Å². The summed E-state index contributed by atoms with van der Waals surface area (Å²) in [6, 6.07) is 3.41. The Morgan fingerprint density at radius 1 is 1.32 bits per heavy atom. The number of rotatable bonds is 11. The van der Waals surface area contributed by atoms with Gasteiger partial charge in [0.2, 0.25) is 5.91 Å². The molecule has 1 unspecified atom stereocenters. The van der Waals surface area contributed by atoms with Crippen molar-refractivity contribution in [2.75, 3.05) is 13.1 Å². The van der Waals surface area contributed by atoms with Gasteiger partial charge in [-0.2, -0.15) is 0 Å². The molecule has 1 atom stereocenters. The van der Waals surface area contributed by atoms with Gasteiger partial charge in [0, 0.05) is 30.7 Å². The van der Waals surface area contributed by atoms with E-state index in [0.29, 0.717) is 30.9 Å². The van der Waals surface area contributed by atoms with Crippen molar-refractivity contribution in [3.63, 3.8) is 0 Å². The molecule has 2 amide bonds. The third kappa shape index (κ3) is 7.94. The van der Waals surface area contributed by atoms with Crippen LogP contribution >= 0.6 is 9.03 Å². The average Bonchev–Trinajstić information content (AvgIpc) is 2.63. The van der Waals surface area contributed by atoms with Gasteiger partial charge in [0.25, 0.3) is 5.91 Å². The molecule has 0 aliphatic carbocycles. The Kier molecular flexibility index (Phi) is 9.47. The Labute approximate surface area is 150 Å². The van der Waals surface area contributed by atoms with Crippen molar-refractivity contribution >= 4 is 20.8 Å². The topological polar surface area (TPSA) is 110 Å². The standard InChI is InChI=1S/C16H25N6O2P/c1-3-12(2)15(23)18-8-4-5-9-19-16(24)13-6-7-14(20-10-13)11-22(25)21-17/h6-7,10,12,17,25H,3-5,8-9,11H2,1-2H3,(H-,18,19,23,24)/p+1. The summed E-state index contributed by atoms with van der Waals surface area (Å²) in [6.45, 7) is 5.41. The zero-order chi connectivity index (χ0) is 18.7. The van der Waals surface area contributed by atoms with Crippen molar-refractivity contribution in [3.05, 3.63) is 29.6 Å². The molecular formula is C16H26N6O2P+. The van der Waals surface area contributed by atoms with E-state index in [0.717, 1.165) is 19.3 Å². The number of carbonyl (C=O) groups excluding carboxylic acids is 2. The van der Waals surface area contributed by atoms with Crippen molar-refractivity contribution in [2.45, 2.75) is 39.7 Å². The molecule has 0 saturated carbocycles. The van der Waals surface area contributed by atoms with Crippen LogP contribution in [0.5, 0.6) is 0 Å². The molecular weight excluding hydrogens is 339 g/mol. The average molecular weight is 365 g/mol. The highest BCUT2D eigenvalue weighted by atomic mass is 31.0. The van der Waals surface area contributed by atoms with E-state index in [1.54, 1.807) is 12.1 Å². The molecule has 3 N–H and O–H groups in total. The van der Waals surface area contributed by atoms with Gasteiger partial charge in [-0.3, -0.25) is 14.6 Å². The Hall–Kier alpha value is -2.21. The first-order valence-corrected chi connectivity index (χ1v) is 8.79. The monoisotopic (exact) mass is 365 g/mol. The molecule has 0 saturated heterocycles.